The van der Waals surface area contributed by atoms with Crippen LogP contribution < -0.4 is 0 Å². The molecule has 1 saturated heterocycles. The number of allylic oxidation sites excluding steroid dienone is 1. The van der Waals surface area contributed by atoms with Gasteiger partial charge in [-0.15, -0.1) is 0 Å². The van der Waals surface area contributed by atoms with Crippen molar-refractivity contribution >= 4 is 6.09 Å². The number of ether oxygens (including phenoxy) is 1. The average Bonchev–Trinajstić information content (AvgIpc) is 2.98. The average molecular weight is 309 g/mol. The summed E-state index contributed by atoms with van der Waals surface area (Å²) in [5.41, 5.74) is 3.46. The van der Waals surface area contributed by atoms with Crippen molar-refractivity contribution in [2.45, 2.75) is 39.2 Å². The van der Waals surface area contributed by atoms with Gasteiger partial charge in [-0.05, 0) is 50.8 Å². The van der Waals surface area contributed by atoms with Crippen LogP contribution in [0.5, 0.6) is 0 Å². The third kappa shape index (κ3) is 3.42. The molecule has 1 aromatic carbocycles. The summed E-state index contributed by atoms with van der Waals surface area (Å²) in [6.45, 7) is 5.14. The fourth-order valence-electron chi connectivity index (χ4n) is 3.58. The van der Waals surface area contributed by atoms with Crippen LogP contribution in [0, 0.1) is 24.7 Å². The zero-order chi connectivity index (χ0) is 16.2. The lowest BCUT2D eigenvalue weighted by Gasteiger charge is -2.30. The summed E-state index contributed by atoms with van der Waals surface area (Å²) >= 11 is 0. The number of carbonyl (C=O) groups excluding carboxylic acids is 1. The van der Waals surface area contributed by atoms with Crippen molar-refractivity contribution in [3.63, 3.8) is 0 Å². The van der Waals surface area contributed by atoms with Gasteiger partial charge in [0.05, 0.1) is 6.61 Å². The van der Waals surface area contributed by atoms with Crippen molar-refractivity contribution in [1.82, 2.24) is 4.90 Å². The molecule has 0 bridgehead atoms. The highest BCUT2D eigenvalue weighted by Crippen LogP contribution is 2.37. The molecule has 0 aromatic heterocycles. The minimum absolute atomic E-state index is 0.173. The number of benzene rings is 1. The molecule has 2 unspecified atom stereocenters. The van der Waals surface area contributed by atoms with E-state index < -0.39 is 0 Å². The topological polar surface area (TPSA) is 29.5 Å². The Labute approximate surface area is 138 Å². The maximum absolute atomic E-state index is 12.1. The Kier molecular flexibility index (Phi) is 4.71. The van der Waals surface area contributed by atoms with Gasteiger partial charge in [0, 0.05) is 29.6 Å². The maximum Gasteiger partial charge on any atom is 0.410 e. The van der Waals surface area contributed by atoms with Gasteiger partial charge in [0.2, 0.25) is 0 Å². The number of nitrogens with zero attached hydrogens (tertiary/aromatic N) is 1. The number of likely N-dealkylation sites (tertiary alicyclic amines) is 1. The van der Waals surface area contributed by atoms with E-state index in [4.69, 9.17) is 4.74 Å². The van der Waals surface area contributed by atoms with Gasteiger partial charge >= 0.3 is 6.09 Å². The van der Waals surface area contributed by atoms with Crippen molar-refractivity contribution in [1.29, 1.82) is 0 Å². The lowest BCUT2D eigenvalue weighted by atomic mass is 9.84. The fraction of sp³-hybridized carbons (Fsp3) is 0.450. The normalized spacial score (nSPS) is 22.7. The first-order valence-electron chi connectivity index (χ1n) is 8.41. The summed E-state index contributed by atoms with van der Waals surface area (Å²) in [5, 5.41) is 0. The molecule has 2 aliphatic rings. The van der Waals surface area contributed by atoms with Gasteiger partial charge in [-0.2, -0.15) is 0 Å². The van der Waals surface area contributed by atoms with E-state index in [1.54, 1.807) is 0 Å². The quantitative estimate of drug-likeness (QED) is 0.736. The molecule has 120 valence electrons. The van der Waals surface area contributed by atoms with Gasteiger partial charge < -0.3 is 9.64 Å². The largest absolute Gasteiger partial charge is 0.450 e. The second-order valence-corrected chi connectivity index (χ2v) is 6.21. The maximum atomic E-state index is 12.1. The number of aryl methyl sites for hydroxylation is 1. The highest BCUT2D eigenvalue weighted by Gasteiger charge is 2.40. The van der Waals surface area contributed by atoms with Crippen LogP contribution in [0.1, 0.15) is 37.3 Å². The van der Waals surface area contributed by atoms with Crippen molar-refractivity contribution in [2.75, 3.05) is 13.2 Å². The first-order valence-corrected chi connectivity index (χ1v) is 8.41. The summed E-state index contributed by atoms with van der Waals surface area (Å²) < 4.78 is 5.18. The molecule has 3 nitrogen and oxygen atoms in total. The van der Waals surface area contributed by atoms with Gasteiger partial charge in [-0.1, -0.05) is 30.0 Å². The molecule has 1 fully saturated rings. The fourth-order valence-corrected chi connectivity index (χ4v) is 3.58. The summed E-state index contributed by atoms with van der Waals surface area (Å²) in [6, 6.07) is 8.51. The smallest absolute Gasteiger partial charge is 0.410 e. The molecule has 1 aromatic rings. The number of fused-ring (bicyclic) bond motifs is 1. The van der Waals surface area contributed by atoms with Crippen LogP contribution in [0.15, 0.2) is 35.9 Å². The second-order valence-electron chi connectivity index (χ2n) is 6.21. The molecule has 3 heteroatoms. The van der Waals surface area contributed by atoms with E-state index in [1.165, 1.54) is 11.1 Å². The van der Waals surface area contributed by atoms with Crippen LogP contribution in [0.2, 0.25) is 0 Å². The number of hydrogen-bond donors (Lipinski definition) is 0. The summed E-state index contributed by atoms with van der Waals surface area (Å²) in [6.07, 6.45) is 5.05. The summed E-state index contributed by atoms with van der Waals surface area (Å²) in [7, 11) is 0. The van der Waals surface area contributed by atoms with Crippen LogP contribution in [0.4, 0.5) is 4.79 Å². The van der Waals surface area contributed by atoms with E-state index in [2.05, 4.69) is 37.0 Å². The first kappa shape index (κ1) is 15.7. The van der Waals surface area contributed by atoms with Crippen LogP contribution in [-0.4, -0.2) is 30.2 Å². The number of carbonyl (C=O) groups is 1. The van der Waals surface area contributed by atoms with Gasteiger partial charge in [-0.25, -0.2) is 4.79 Å². The van der Waals surface area contributed by atoms with Gasteiger partial charge in [-0.3, -0.25) is 0 Å². The van der Waals surface area contributed by atoms with E-state index in [1.807, 2.05) is 24.0 Å². The van der Waals surface area contributed by atoms with Crippen molar-refractivity contribution in [3.05, 3.63) is 47.0 Å². The van der Waals surface area contributed by atoms with Crippen molar-refractivity contribution < 1.29 is 9.53 Å². The van der Waals surface area contributed by atoms with Crippen molar-refractivity contribution in [3.8, 4) is 11.8 Å². The number of amides is 1. The van der Waals surface area contributed by atoms with Gasteiger partial charge in [0.25, 0.3) is 0 Å². The monoisotopic (exact) mass is 309 g/mol. The number of hydrogen-bond acceptors (Lipinski definition) is 2. The van der Waals surface area contributed by atoms with Crippen LogP contribution in [-0.2, 0) is 4.74 Å². The molecule has 0 spiro atoms. The van der Waals surface area contributed by atoms with E-state index in [0.717, 1.165) is 31.4 Å². The predicted octanol–water partition coefficient (Wildman–Crippen LogP) is 3.91. The predicted molar refractivity (Wildman–Crippen MR) is 91.0 cm³/mol. The van der Waals surface area contributed by atoms with E-state index in [-0.39, 0.29) is 12.1 Å². The SMILES string of the molecule is CCOC(=O)N1CCC2C(C#Cc3cccc(C)c3)=CCCC21. The van der Waals surface area contributed by atoms with Gasteiger partial charge in [0.1, 0.15) is 0 Å². The molecule has 1 aliphatic heterocycles. The van der Waals surface area contributed by atoms with E-state index in [9.17, 15) is 4.79 Å². The second kappa shape index (κ2) is 6.91. The third-order valence-corrected chi connectivity index (χ3v) is 4.64. The Morgan fingerprint density at radius 1 is 1.35 bits per heavy atom. The molecule has 0 saturated carbocycles. The molecule has 1 heterocycles. The molecule has 0 radical (unpaired) electrons. The van der Waals surface area contributed by atoms with Gasteiger partial charge in [0.15, 0.2) is 0 Å². The molecular formula is C20H23NO2. The Balaban J connectivity index is 1.76. The molecule has 3 rings (SSSR count). The van der Waals surface area contributed by atoms with Crippen LogP contribution >= 0.6 is 0 Å². The molecule has 23 heavy (non-hydrogen) atoms. The Morgan fingerprint density at radius 3 is 3.00 bits per heavy atom. The third-order valence-electron chi connectivity index (χ3n) is 4.64. The Hall–Kier alpha value is -2.21. The van der Waals surface area contributed by atoms with Crippen LogP contribution in [0.3, 0.4) is 0 Å². The van der Waals surface area contributed by atoms with E-state index in [0.29, 0.717) is 12.5 Å². The Morgan fingerprint density at radius 2 is 2.22 bits per heavy atom. The minimum atomic E-state index is -0.173. The first-order chi connectivity index (χ1) is 11.2. The molecular weight excluding hydrogens is 286 g/mol. The standard InChI is InChI=1S/C20H23NO2/c1-3-23-20(22)21-13-12-18-17(8-5-9-19(18)21)11-10-16-7-4-6-15(2)14-16/h4,6-8,14,18-19H,3,5,9,12-13H2,1-2H3. The zero-order valence-electron chi connectivity index (χ0n) is 13.8. The van der Waals surface area contributed by atoms with E-state index >= 15 is 0 Å². The molecule has 1 aliphatic carbocycles. The lowest BCUT2D eigenvalue weighted by Crippen LogP contribution is -2.39. The molecule has 1 amide bonds. The molecule has 2 atom stereocenters. The lowest BCUT2D eigenvalue weighted by molar-refractivity contribution is 0.0979. The van der Waals surface area contributed by atoms with Crippen molar-refractivity contribution in [2.24, 2.45) is 5.92 Å². The summed E-state index contributed by atoms with van der Waals surface area (Å²) in [5.74, 6) is 7.01. The zero-order valence-corrected chi connectivity index (χ0v) is 13.8. The Bertz CT molecular complexity index is 680. The highest BCUT2D eigenvalue weighted by molar-refractivity contribution is 5.69. The van der Waals surface area contributed by atoms with Crippen LogP contribution in [0.25, 0.3) is 0 Å². The molecule has 0 N–H and O–H groups in total. The highest BCUT2D eigenvalue weighted by atomic mass is 16.6. The minimum Gasteiger partial charge on any atom is -0.450 e. The number of rotatable bonds is 1. The summed E-state index contributed by atoms with van der Waals surface area (Å²) in [4.78, 5) is 14.0.